The topological polar surface area (TPSA) is 38.3 Å². The molecule has 0 saturated carbocycles. The molecule has 0 aliphatic heterocycles. The van der Waals surface area contributed by atoms with Crippen LogP contribution < -0.4 is 10.1 Å². The SMILES string of the molecule is COc1ccc(C(CC(C)C)NC(=O)C(C)Sc2ccccc2)cc1. The molecule has 0 spiro atoms. The summed E-state index contributed by atoms with van der Waals surface area (Å²) in [6.45, 7) is 6.29. The number of rotatable bonds is 8. The van der Waals surface area contributed by atoms with Crippen molar-refractivity contribution < 1.29 is 9.53 Å². The molecule has 4 heteroatoms. The second-order valence-corrected chi connectivity index (χ2v) is 7.95. The van der Waals surface area contributed by atoms with Crippen molar-refractivity contribution in [2.24, 2.45) is 5.92 Å². The molecule has 25 heavy (non-hydrogen) atoms. The summed E-state index contributed by atoms with van der Waals surface area (Å²) in [5, 5.41) is 3.08. The van der Waals surface area contributed by atoms with E-state index >= 15 is 0 Å². The summed E-state index contributed by atoms with van der Waals surface area (Å²) in [5.74, 6) is 1.38. The molecular formula is C21H27NO2S. The van der Waals surface area contributed by atoms with Gasteiger partial charge in [0, 0.05) is 4.90 Å². The number of hydrogen-bond donors (Lipinski definition) is 1. The van der Waals surface area contributed by atoms with Gasteiger partial charge in [-0.3, -0.25) is 4.79 Å². The fraction of sp³-hybridized carbons (Fsp3) is 0.381. The van der Waals surface area contributed by atoms with Crippen molar-refractivity contribution in [3.8, 4) is 5.75 Å². The number of methoxy groups -OCH3 is 1. The van der Waals surface area contributed by atoms with E-state index in [2.05, 4.69) is 19.2 Å². The van der Waals surface area contributed by atoms with Crippen LogP contribution in [0, 0.1) is 5.92 Å². The monoisotopic (exact) mass is 357 g/mol. The Morgan fingerprint density at radius 2 is 1.68 bits per heavy atom. The fourth-order valence-electron chi connectivity index (χ4n) is 2.63. The number of carbonyl (C=O) groups is 1. The molecule has 3 nitrogen and oxygen atoms in total. The number of thioether (sulfide) groups is 1. The summed E-state index contributed by atoms with van der Waals surface area (Å²) >= 11 is 1.58. The molecule has 0 bridgehead atoms. The van der Waals surface area contributed by atoms with E-state index in [1.807, 2.05) is 61.5 Å². The van der Waals surface area contributed by atoms with Gasteiger partial charge in [-0.2, -0.15) is 0 Å². The van der Waals surface area contributed by atoms with E-state index < -0.39 is 0 Å². The van der Waals surface area contributed by atoms with Crippen molar-refractivity contribution in [2.75, 3.05) is 7.11 Å². The van der Waals surface area contributed by atoms with Crippen molar-refractivity contribution in [1.29, 1.82) is 0 Å². The highest BCUT2D eigenvalue weighted by atomic mass is 32.2. The number of nitrogens with one attached hydrogen (secondary N) is 1. The fourth-order valence-corrected chi connectivity index (χ4v) is 3.53. The van der Waals surface area contributed by atoms with Gasteiger partial charge in [-0.15, -0.1) is 11.8 Å². The van der Waals surface area contributed by atoms with Gasteiger partial charge in [-0.25, -0.2) is 0 Å². The Morgan fingerprint density at radius 3 is 2.24 bits per heavy atom. The van der Waals surface area contributed by atoms with Gasteiger partial charge in [0.25, 0.3) is 0 Å². The molecule has 0 saturated heterocycles. The molecule has 2 unspecified atom stereocenters. The van der Waals surface area contributed by atoms with Gasteiger partial charge in [0.2, 0.25) is 5.91 Å². The molecule has 2 rings (SSSR count). The van der Waals surface area contributed by atoms with Gasteiger partial charge in [0.05, 0.1) is 18.4 Å². The summed E-state index contributed by atoms with van der Waals surface area (Å²) < 4.78 is 5.23. The Bertz CT molecular complexity index is 655. The quantitative estimate of drug-likeness (QED) is 0.670. The molecule has 0 aromatic heterocycles. The highest BCUT2D eigenvalue weighted by Gasteiger charge is 2.20. The number of benzene rings is 2. The van der Waals surface area contributed by atoms with Crippen molar-refractivity contribution in [2.45, 2.75) is 43.4 Å². The summed E-state index contributed by atoms with van der Waals surface area (Å²) in [4.78, 5) is 13.8. The minimum absolute atomic E-state index is 0.0113. The Morgan fingerprint density at radius 1 is 1.04 bits per heavy atom. The average molecular weight is 358 g/mol. The zero-order valence-electron chi connectivity index (χ0n) is 15.4. The third-order valence-corrected chi connectivity index (χ3v) is 5.08. The van der Waals surface area contributed by atoms with E-state index in [4.69, 9.17) is 4.74 Å². The van der Waals surface area contributed by atoms with Crippen LogP contribution in [-0.4, -0.2) is 18.3 Å². The summed E-state index contributed by atoms with van der Waals surface area (Å²) in [7, 11) is 1.66. The molecule has 1 N–H and O–H groups in total. The van der Waals surface area contributed by atoms with E-state index in [9.17, 15) is 4.79 Å². The summed E-state index contributed by atoms with van der Waals surface area (Å²) in [6.07, 6.45) is 0.904. The van der Waals surface area contributed by atoms with E-state index in [1.54, 1.807) is 18.9 Å². The largest absolute Gasteiger partial charge is 0.497 e. The van der Waals surface area contributed by atoms with E-state index in [1.165, 1.54) is 0 Å². The lowest BCUT2D eigenvalue weighted by molar-refractivity contribution is -0.121. The average Bonchev–Trinajstić information content (AvgIpc) is 2.61. The van der Waals surface area contributed by atoms with Gasteiger partial charge in [0.15, 0.2) is 0 Å². The summed E-state index contributed by atoms with van der Waals surface area (Å²) in [6, 6.07) is 18.0. The molecule has 134 valence electrons. The van der Waals surface area contributed by atoms with Crippen molar-refractivity contribution >= 4 is 17.7 Å². The number of hydrogen-bond acceptors (Lipinski definition) is 3. The van der Waals surface area contributed by atoms with E-state index in [0.29, 0.717) is 5.92 Å². The van der Waals surface area contributed by atoms with Gasteiger partial charge in [0.1, 0.15) is 5.75 Å². The molecular weight excluding hydrogens is 330 g/mol. The zero-order valence-corrected chi connectivity index (χ0v) is 16.2. The first-order valence-corrected chi connectivity index (χ1v) is 9.53. The highest BCUT2D eigenvalue weighted by molar-refractivity contribution is 8.00. The maximum Gasteiger partial charge on any atom is 0.233 e. The number of amides is 1. The summed E-state index contributed by atoms with van der Waals surface area (Å²) in [5.41, 5.74) is 1.11. The van der Waals surface area contributed by atoms with Gasteiger partial charge < -0.3 is 10.1 Å². The van der Waals surface area contributed by atoms with Crippen LogP contribution >= 0.6 is 11.8 Å². The van der Waals surface area contributed by atoms with Crippen molar-refractivity contribution in [1.82, 2.24) is 5.32 Å². The molecule has 2 aromatic rings. The van der Waals surface area contributed by atoms with Crippen LogP contribution in [0.5, 0.6) is 5.75 Å². The maximum atomic E-state index is 12.7. The van der Waals surface area contributed by atoms with Crippen LogP contribution in [0.3, 0.4) is 0 Å². The van der Waals surface area contributed by atoms with Crippen LogP contribution in [-0.2, 0) is 4.79 Å². The van der Waals surface area contributed by atoms with Gasteiger partial charge >= 0.3 is 0 Å². The Hall–Kier alpha value is -1.94. The predicted molar refractivity (Wildman–Crippen MR) is 105 cm³/mol. The first-order chi connectivity index (χ1) is 12.0. The lowest BCUT2D eigenvalue weighted by Crippen LogP contribution is -2.35. The van der Waals surface area contributed by atoms with Crippen molar-refractivity contribution in [3.63, 3.8) is 0 Å². The first-order valence-electron chi connectivity index (χ1n) is 8.65. The second-order valence-electron chi connectivity index (χ2n) is 6.54. The minimum Gasteiger partial charge on any atom is -0.497 e. The molecule has 0 aliphatic carbocycles. The number of carbonyl (C=O) groups excluding carboxylic acids is 1. The van der Waals surface area contributed by atoms with Crippen LogP contribution in [0.25, 0.3) is 0 Å². The van der Waals surface area contributed by atoms with E-state index in [0.717, 1.165) is 22.6 Å². The van der Waals surface area contributed by atoms with Crippen molar-refractivity contribution in [3.05, 3.63) is 60.2 Å². The van der Waals surface area contributed by atoms with Crippen LogP contribution in [0.2, 0.25) is 0 Å². The smallest absolute Gasteiger partial charge is 0.233 e. The number of ether oxygens (including phenoxy) is 1. The lowest BCUT2D eigenvalue weighted by atomic mass is 9.96. The van der Waals surface area contributed by atoms with Crippen LogP contribution in [0.1, 0.15) is 38.8 Å². The van der Waals surface area contributed by atoms with Crippen LogP contribution in [0.15, 0.2) is 59.5 Å². The minimum atomic E-state index is -0.143. The normalized spacial score (nSPS) is 13.3. The van der Waals surface area contributed by atoms with E-state index in [-0.39, 0.29) is 17.2 Å². The molecule has 0 aliphatic rings. The molecule has 0 radical (unpaired) electrons. The molecule has 0 fully saturated rings. The second kappa shape index (κ2) is 9.52. The third kappa shape index (κ3) is 6.13. The molecule has 1 amide bonds. The van der Waals surface area contributed by atoms with Gasteiger partial charge in [-0.1, -0.05) is 44.2 Å². The molecule has 2 atom stereocenters. The maximum absolute atomic E-state index is 12.7. The Balaban J connectivity index is 2.05. The molecule has 2 aromatic carbocycles. The molecule has 0 heterocycles. The Labute approximate surface area is 155 Å². The highest BCUT2D eigenvalue weighted by Crippen LogP contribution is 2.26. The van der Waals surface area contributed by atoms with Gasteiger partial charge in [-0.05, 0) is 49.1 Å². The zero-order chi connectivity index (χ0) is 18.2. The standard InChI is InChI=1S/C21H27NO2S/c1-15(2)14-20(17-10-12-18(24-4)13-11-17)22-21(23)16(3)25-19-8-6-5-7-9-19/h5-13,15-16,20H,14H2,1-4H3,(H,22,23). The Kier molecular flexibility index (Phi) is 7.38. The predicted octanol–water partition coefficient (Wildman–Crippen LogP) is 5.08. The lowest BCUT2D eigenvalue weighted by Gasteiger charge is -2.23. The first kappa shape index (κ1) is 19.4. The third-order valence-electron chi connectivity index (χ3n) is 3.97. The van der Waals surface area contributed by atoms with Crippen LogP contribution in [0.4, 0.5) is 0 Å².